The number of aryl methyl sites for hydroxylation is 2. The van der Waals surface area contributed by atoms with Crippen molar-refractivity contribution >= 4 is 17.6 Å². The highest BCUT2D eigenvalue weighted by Crippen LogP contribution is 2.39. The number of ether oxygens (including phenoxy) is 2. The summed E-state index contributed by atoms with van der Waals surface area (Å²) in [6, 6.07) is 15.1. The third-order valence-electron chi connectivity index (χ3n) is 8.19. The zero-order valence-corrected chi connectivity index (χ0v) is 25.1. The quantitative estimate of drug-likeness (QED) is 0.332. The average Bonchev–Trinajstić information content (AvgIpc) is 3.31. The Kier molecular flexibility index (Phi) is 8.15. The van der Waals surface area contributed by atoms with Crippen LogP contribution in [0.5, 0.6) is 17.2 Å². The molecule has 44 heavy (non-hydrogen) atoms. The molecule has 4 aromatic rings. The molecule has 2 aromatic carbocycles. The van der Waals surface area contributed by atoms with E-state index in [1.54, 1.807) is 16.9 Å². The molecule has 0 saturated heterocycles. The maximum Gasteiger partial charge on any atom is 0.252 e. The lowest BCUT2D eigenvalue weighted by Crippen LogP contribution is -2.41. The summed E-state index contributed by atoms with van der Waals surface area (Å²) in [5.41, 5.74) is 5.54. The van der Waals surface area contributed by atoms with E-state index in [1.807, 2.05) is 61.2 Å². The van der Waals surface area contributed by atoms with Crippen LogP contribution in [0.4, 0.5) is 0 Å². The van der Waals surface area contributed by atoms with E-state index in [2.05, 4.69) is 15.4 Å². The number of benzene rings is 2. The van der Waals surface area contributed by atoms with E-state index in [4.69, 9.17) is 9.47 Å². The molecule has 5 heterocycles. The van der Waals surface area contributed by atoms with E-state index in [-0.39, 0.29) is 30.1 Å². The van der Waals surface area contributed by atoms with Crippen LogP contribution in [0.15, 0.2) is 60.9 Å². The first-order chi connectivity index (χ1) is 21.3. The third-order valence-corrected chi connectivity index (χ3v) is 8.19. The number of hydrogen-bond donors (Lipinski definition) is 1. The Morgan fingerprint density at radius 3 is 2.73 bits per heavy atom. The van der Waals surface area contributed by atoms with Gasteiger partial charge >= 0.3 is 0 Å². The summed E-state index contributed by atoms with van der Waals surface area (Å²) in [7, 11) is 0. The predicted molar refractivity (Wildman–Crippen MR) is 163 cm³/mol. The van der Waals surface area contributed by atoms with Gasteiger partial charge in [0.2, 0.25) is 5.91 Å². The fourth-order valence-corrected chi connectivity index (χ4v) is 6.14. The van der Waals surface area contributed by atoms with Crippen molar-refractivity contribution in [2.75, 3.05) is 19.7 Å². The normalized spacial score (nSPS) is 16.3. The van der Waals surface area contributed by atoms with Gasteiger partial charge in [-0.05, 0) is 80.6 Å². The van der Waals surface area contributed by atoms with Crippen molar-refractivity contribution in [2.24, 2.45) is 0 Å². The maximum absolute atomic E-state index is 13.9. The summed E-state index contributed by atoms with van der Waals surface area (Å²) >= 11 is 0. The van der Waals surface area contributed by atoms with Gasteiger partial charge in [0.25, 0.3) is 5.91 Å². The maximum atomic E-state index is 13.9. The second-order valence-electron chi connectivity index (χ2n) is 11.2. The highest BCUT2D eigenvalue weighted by atomic mass is 16.5. The molecule has 3 aliphatic heterocycles. The van der Waals surface area contributed by atoms with Gasteiger partial charge in [0.15, 0.2) is 5.78 Å². The molecule has 0 aliphatic carbocycles. The van der Waals surface area contributed by atoms with Crippen LogP contribution in [0.1, 0.15) is 74.6 Å². The number of fused-ring (bicyclic) bond motifs is 6. The van der Waals surface area contributed by atoms with Crippen molar-refractivity contribution in [3.05, 3.63) is 100 Å². The van der Waals surface area contributed by atoms with Gasteiger partial charge in [0, 0.05) is 37.9 Å². The summed E-state index contributed by atoms with van der Waals surface area (Å²) < 4.78 is 14.0. The SMILES string of the molecule is CC(=O)c1c(C)nn(CCC(=O)N2CCc3cc4ccc3C2c2cccc(c2)OCCCNC(=O)c2cncc(c2)O4)c1C. The lowest BCUT2D eigenvalue weighted by atomic mass is 9.87. The number of amides is 2. The number of carbonyl (C=O) groups excluding carboxylic acids is 3. The van der Waals surface area contributed by atoms with Crippen molar-refractivity contribution in [3.8, 4) is 17.2 Å². The Morgan fingerprint density at radius 2 is 1.91 bits per heavy atom. The van der Waals surface area contributed by atoms with Crippen LogP contribution >= 0.6 is 0 Å². The Morgan fingerprint density at radius 1 is 1.05 bits per heavy atom. The molecule has 2 amide bonds. The lowest BCUT2D eigenvalue weighted by Gasteiger charge is -2.38. The van der Waals surface area contributed by atoms with Crippen molar-refractivity contribution in [1.29, 1.82) is 0 Å². The van der Waals surface area contributed by atoms with Gasteiger partial charge in [-0.15, -0.1) is 0 Å². The topological polar surface area (TPSA) is 116 Å². The summed E-state index contributed by atoms with van der Waals surface area (Å²) in [6.45, 7) is 7.01. The van der Waals surface area contributed by atoms with Gasteiger partial charge in [0.1, 0.15) is 17.2 Å². The number of hydrogen-bond acceptors (Lipinski definition) is 7. The van der Waals surface area contributed by atoms with Gasteiger partial charge in [-0.2, -0.15) is 5.10 Å². The molecule has 0 fully saturated rings. The number of carbonyl (C=O) groups is 3. The van der Waals surface area contributed by atoms with Crippen molar-refractivity contribution in [3.63, 3.8) is 0 Å². The van der Waals surface area contributed by atoms with Gasteiger partial charge in [-0.25, -0.2) is 0 Å². The van der Waals surface area contributed by atoms with Gasteiger partial charge in [-0.1, -0.05) is 18.2 Å². The van der Waals surface area contributed by atoms with Crippen LogP contribution in [0.2, 0.25) is 0 Å². The highest BCUT2D eigenvalue weighted by molar-refractivity contribution is 5.96. The van der Waals surface area contributed by atoms with Crippen LogP contribution in [0, 0.1) is 13.8 Å². The molecule has 3 aliphatic rings. The van der Waals surface area contributed by atoms with E-state index in [1.165, 1.54) is 13.1 Å². The summed E-state index contributed by atoms with van der Waals surface area (Å²) in [5.74, 6) is 1.56. The minimum atomic E-state index is -0.319. The molecule has 226 valence electrons. The molecule has 1 atom stereocenters. The second-order valence-corrected chi connectivity index (χ2v) is 11.2. The third kappa shape index (κ3) is 5.92. The molecule has 10 nitrogen and oxygen atoms in total. The highest BCUT2D eigenvalue weighted by Gasteiger charge is 2.33. The molecule has 1 unspecified atom stereocenters. The summed E-state index contributed by atoms with van der Waals surface area (Å²) in [6.07, 6.45) is 4.62. The zero-order chi connectivity index (χ0) is 30.8. The summed E-state index contributed by atoms with van der Waals surface area (Å²) in [4.78, 5) is 44.8. The Balaban J connectivity index is 1.33. The molecule has 10 heteroatoms. The number of nitrogens with zero attached hydrogens (tertiary/aromatic N) is 4. The number of ketones is 1. The Hall–Kier alpha value is -4.99. The smallest absolute Gasteiger partial charge is 0.252 e. The minimum Gasteiger partial charge on any atom is -0.494 e. The average molecular weight is 594 g/mol. The summed E-state index contributed by atoms with van der Waals surface area (Å²) in [5, 5.41) is 7.44. The van der Waals surface area contributed by atoms with Crippen molar-refractivity contribution < 1.29 is 23.9 Å². The van der Waals surface area contributed by atoms with Crippen molar-refractivity contribution in [1.82, 2.24) is 25.0 Å². The molecular formula is C34H35N5O5. The number of pyridine rings is 1. The second kappa shape index (κ2) is 12.3. The standard InChI is InChI=1S/C34H35N5O5/c1-21-32(23(3)40)22(2)39(37-21)14-11-31(41)38-13-10-24-16-28-8-9-30(24)33(38)25-6-4-7-27(17-25)43-15-5-12-36-34(42)26-18-29(44-28)20-35-19-26/h4,6-9,16-20,33H,5,10-15H2,1-3H3,(H,36,42). The number of rotatable bonds is 4. The lowest BCUT2D eigenvalue weighted by molar-refractivity contribution is -0.133. The van der Waals surface area contributed by atoms with Crippen LogP contribution in [-0.2, 0) is 17.8 Å². The minimum absolute atomic E-state index is 0.00463. The van der Waals surface area contributed by atoms with Gasteiger partial charge in [-0.3, -0.25) is 24.0 Å². The largest absolute Gasteiger partial charge is 0.494 e. The molecule has 0 radical (unpaired) electrons. The van der Waals surface area contributed by atoms with E-state index in [0.717, 1.165) is 22.4 Å². The van der Waals surface area contributed by atoms with E-state index >= 15 is 0 Å². The molecule has 7 rings (SSSR count). The first-order valence-corrected chi connectivity index (χ1v) is 14.9. The van der Waals surface area contributed by atoms with Crippen LogP contribution in [0.3, 0.4) is 0 Å². The number of aromatic nitrogens is 3. The van der Waals surface area contributed by atoms with E-state index in [9.17, 15) is 14.4 Å². The van der Waals surface area contributed by atoms with E-state index < -0.39 is 0 Å². The molecule has 1 N–H and O–H groups in total. The Bertz CT molecular complexity index is 1750. The fraction of sp³-hybridized carbons (Fsp3) is 0.324. The number of Topliss-reactive ketones (excluding diaryl/α,β-unsaturated/α-hetero) is 1. The Labute approximate surface area is 256 Å². The molecule has 8 bridgehead atoms. The zero-order valence-electron chi connectivity index (χ0n) is 25.1. The van der Waals surface area contributed by atoms with Crippen molar-refractivity contribution in [2.45, 2.75) is 52.6 Å². The van der Waals surface area contributed by atoms with Gasteiger partial charge < -0.3 is 19.7 Å². The van der Waals surface area contributed by atoms with Gasteiger partial charge in [0.05, 0.1) is 35.7 Å². The first kappa shape index (κ1) is 29.1. The number of nitrogens with one attached hydrogen (secondary N) is 1. The van der Waals surface area contributed by atoms with E-state index in [0.29, 0.717) is 73.2 Å². The molecule has 0 saturated carbocycles. The molecule has 2 aromatic heterocycles. The first-order valence-electron chi connectivity index (χ1n) is 14.9. The monoisotopic (exact) mass is 593 g/mol. The molecular weight excluding hydrogens is 558 g/mol. The van der Waals surface area contributed by atoms with Crippen LogP contribution < -0.4 is 14.8 Å². The van der Waals surface area contributed by atoms with Crippen LogP contribution in [-0.4, -0.2) is 57.0 Å². The fourth-order valence-electron chi connectivity index (χ4n) is 6.14. The predicted octanol–water partition coefficient (Wildman–Crippen LogP) is 4.97. The van der Waals surface area contributed by atoms with Crippen LogP contribution in [0.25, 0.3) is 0 Å². The molecule has 0 spiro atoms.